The van der Waals surface area contributed by atoms with Crippen molar-refractivity contribution in [2.24, 2.45) is 5.92 Å². The molecule has 0 saturated heterocycles. The van der Waals surface area contributed by atoms with Gasteiger partial charge in [-0.3, -0.25) is 4.98 Å². The van der Waals surface area contributed by atoms with Gasteiger partial charge in [0.15, 0.2) is 0 Å². The Morgan fingerprint density at radius 3 is 2.95 bits per heavy atom. The van der Waals surface area contributed by atoms with Gasteiger partial charge < -0.3 is 10.1 Å². The van der Waals surface area contributed by atoms with E-state index in [1.54, 1.807) is 30.8 Å². The quantitative estimate of drug-likeness (QED) is 0.785. The number of ether oxygens (including phenoxy) is 1. The van der Waals surface area contributed by atoms with E-state index in [1.807, 2.05) is 16.8 Å². The molecule has 3 aromatic heterocycles. The molecule has 0 aliphatic carbocycles. The molecule has 110 valence electrons. The average molecular weight is 303 g/mol. The highest BCUT2D eigenvalue weighted by molar-refractivity contribution is 7.20. The van der Waals surface area contributed by atoms with Crippen molar-refractivity contribution in [2.45, 2.75) is 13.8 Å². The Bertz CT molecular complexity index is 749. The van der Waals surface area contributed by atoms with Gasteiger partial charge in [0, 0.05) is 18.3 Å². The van der Waals surface area contributed by atoms with Crippen molar-refractivity contribution in [1.82, 2.24) is 19.6 Å². The second kappa shape index (κ2) is 5.69. The van der Waals surface area contributed by atoms with Gasteiger partial charge in [0.05, 0.1) is 25.2 Å². The molecule has 1 N–H and O–H groups in total. The summed E-state index contributed by atoms with van der Waals surface area (Å²) in [6, 6.07) is 1.93. The van der Waals surface area contributed by atoms with E-state index in [0.717, 1.165) is 33.6 Å². The third-order valence-corrected chi connectivity index (χ3v) is 3.87. The molecular formula is C14H17N5OS. The number of hydrogen-bond donors (Lipinski definition) is 1. The Morgan fingerprint density at radius 1 is 1.33 bits per heavy atom. The zero-order valence-electron chi connectivity index (χ0n) is 12.2. The van der Waals surface area contributed by atoms with Gasteiger partial charge >= 0.3 is 0 Å². The minimum absolute atomic E-state index is 0.572. The molecule has 0 aliphatic heterocycles. The summed E-state index contributed by atoms with van der Waals surface area (Å²) >= 11 is 1.54. The summed E-state index contributed by atoms with van der Waals surface area (Å²) < 4.78 is 7.05. The van der Waals surface area contributed by atoms with Gasteiger partial charge in [-0.2, -0.15) is 0 Å². The molecule has 0 aromatic carbocycles. The van der Waals surface area contributed by atoms with Gasteiger partial charge in [-0.1, -0.05) is 25.2 Å². The Morgan fingerprint density at radius 2 is 2.19 bits per heavy atom. The lowest BCUT2D eigenvalue weighted by molar-refractivity contribution is 0.413. The second-order valence-corrected chi connectivity index (χ2v) is 6.09. The molecule has 0 spiro atoms. The van der Waals surface area contributed by atoms with E-state index in [4.69, 9.17) is 4.74 Å². The number of nitrogens with one attached hydrogen (secondary N) is 1. The molecule has 0 unspecified atom stereocenters. The first-order valence-corrected chi connectivity index (χ1v) is 7.57. The number of hydrogen-bond acceptors (Lipinski definition) is 6. The Kier molecular flexibility index (Phi) is 3.74. The predicted molar refractivity (Wildman–Crippen MR) is 84.0 cm³/mol. The summed E-state index contributed by atoms with van der Waals surface area (Å²) in [5.41, 5.74) is 1.84. The molecule has 0 saturated carbocycles. The third-order valence-electron chi connectivity index (χ3n) is 2.99. The third kappa shape index (κ3) is 2.82. The lowest BCUT2D eigenvalue weighted by Crippen LogP contribution is -2.07. The topological polar surface area (TPSA) is 64.3 Å². The molecular weight excluding hydrogens is 286 g/mol. The van der Waals surface area contributed by atoms with E-state index in [2.05, 4.69) is 34.2 Å². The first kappa shape index (κ1) is 13.8. The summed E-state index contributed by atoms with van der Waals surface area (Å²) in [6.07, 6.45) is 5.27. The van der Waals surface area contributed by atoms with Crippen LogP contribution in [0, 0.1) is 5.92 Å². The van der Waals surface area contributed by atoms with Gasteiger partial charge in [0.1, 0.15) is 5.75 Å². The molecule has 21 heavy (non-hydrogen) atoms. The summed E-state index contributed by atoms with van der Waals surface area (Å²) in [6.45, 7) is 5.23. The standard InChI is InChI=1S/C14H17N5OS/c1-9(2)5-16-13-18-19-12(8-17-14(19)21-13)10-4-11(20-3)7-15-6-10/h4,6-9H,5H2,1-3H3,(H,16,18). The first-order chi connectivity index (χ1) is 10.2. The number of rotatable bonds is 5. The maximum atomic E-state index is 5.21. The van der Waals surface area contributed by atoms with E-state index in [9.17, 15) is 0 Å². The largest absolute Gasteiger partial charge is 0.495 e. The average Bonchev–Trinajstić information content (AvgIpc) is 3.04. The van der Waals surface area contributed by atoms with Crippen LogP contribution in [0.2, 0.25) is 0 Å². The number of aromatic nitrogens is 4. The number of pyridine rings is 1. The number of anilines is 1. The summed E-state index contributed by atoms with van der Waals surface area (Å²) in [5, 5.41) is 8.78. The second-order valence-electron chi connectivity index (χ2n) is 5.13. The van der Waals surface area contributed by atoms with Crippen LogP contribution in [-0.4, -0.2) is 33.2 Å². The molecule has 6 nitrogen and oxygen atoms in total. The fraction of sp³-hybridized carbons (Fsp3) is 0.357. The van der Waals surface area contributed by atoms with Gasteiger partial charge in [-0.05, 0) is 12.0 Å². The van der Waals surface area contributed by atoms with Crippen LogP contribution in [0.3, 0.4) is 0 Å². The van der Waals surface area contributed by atoms with Crippen LogP contribution >= 0.6 is 11.3 Å². The molecule has 0 atom stereocenters. The number of nitrogens with zero attached hydrogens (tertiary/aromatic N) is 4. The van der Waals surface area contributed by atoms with E-state index < -0.39 is 0 Å². The SMILES string of the molecule is COc1cncc(-c2cnc3sc(NCC(C)C)nn23)c1. The smallest absolute Gasteiger partial charge is 0.214 e. The van der Waals surface area contributed by atoms with Crippen LogP contribution in [-0.2, 0) is 0 Å². The highest BCUT2D eigenvalue weighted by Crippen LogP contribution is 2.27. The zero-order valence-corrected chi connectivity index (χ0v) is 13.0. The van der Waals surface area contributed by atoms with Crippen LogP contribution in [0.4, 0.5) is 5.13 Å². The van der Waals surface area contributed by atoms with Crippen LogP contribution in [0.25, 0.3) is 16.2 Å². The molecule has 0 bridgehead atoms. The monoisotopic (exact) mass is 303 g/mol. The molecule has 3 rings (SSSR count). The summed E-state index contributed by atoms with van der Waals surface area (Å²) in [7, 11) is 1.63. The fourth-order valence-electron chi connectivity index (χ4n) is 1.92. The molecule has 3 aromatic rings. The Labute approximate surface area is 126 Å². The predicted octanol–water partition coefficient (Wildman–Crippen LogP) is 2.93. The number of methoxy groups -OCH3 is 1. The molecule has 3 heterocycles. The van der Waals surface area contributed by atoms with Crippen molar-refractivity contribution in [3.05, 3.63) is 24.7 Å². The van der Waals surface area contributed by atoms with E-state index in [-0.39, 0.29) is 0 Å². The Hall–Kier alpha value is -2.15. The van der Waals surface area contributed by atoms with Gasteiger partial charge in [0.25, 0.3) is 0 Å². The minimum atomic E-state index is 0.572. The van der Waals surface area contributed by atoms with Crippen LogP contribution in [0.1, 0.15) is 13.8 Å². The maximum absolute atomic E-state index is 5.21. The normalized spacial score (nSPS) is 11.2. The van der Waals surface area contributed by atoms with Crippen LogP contribution < -0.4 is 10.1 Å². The van der Waals surface area contributed by atoms with Crippen molar-refractivity contribution in [2.75, 3.05) is 19.0 Å². The fourth-order valence-corrected chi connectivity index (χ4v) is 2.70. The summed E-state index contributed by atoms with van der Waals surface area (Å²) in [4.78, 5) is 9.45. The van der Waals surface area contributed by atoms with Crippen LogP contribution in [0.15, 0.2) is 24.7 Å². The lowest BCUT2D eigenvalue weighted by atomic mass is 10.2. The highest BCUT2D eigenvalue weighted by Gasteiger charge is 2.12. The number of fused-ring (bicyclic) bond motifs is 1. The van der Waals surface area contributed by atoms with Crippen molar-refractivity contribution >= 4 is 21.4 Å². The van der Waals surface area contributed by atoms with Crippen molar-refractivity contribution in [3.8, 4) is 17.0 Å². The maximum Gasteiger partial charge on any atom is 0.214 e. The molecule has 0 radical (unpaired) electrons. The van der Waals surface area contributed by atoms with E-state index in [0.29, 0.717) is 5.92 Å². The highest BCUT2D eigenvalue weighted by atomic mass is 32.1. The molecule has 0 amide bonds. The first-order valence-electron chi connectivity index (χ1n) is 6.75. The van der Waals surface area contributed by atoms with Gasteiger partial charge in [-0.25, -0.2) is 9.50 Å². The Balaban J connectivity index is 1.95. The van der Waals surface area contributed by atoms with E-state index in [1.165, 1.54) is 0 Å². The zero-order chi connectivity index (χ0) is 14.8. The lowest BCUT2D eigenvalue weighted by Gasteiger charge is -2.04. The van der Waals surface area contributed by atoms with Crippen molar-refractivity contribution in [1.29, 1.82) is 0 Å². The molecule has 7 heteroatoms. The number of imidazole rings is 1. The molecule has 0 fully saturated rings. The van der Waals surface area contributed by atoms with Crippen molar-refractivity contribution in [3.63, 3.8) is 0 Å². The van der Waals surface area contributed by atoms with Gasteiger partial charge in [-0.15, -0.1) is 5.10 Å². The molecule has 0 aliphatic rings. The minimum Gasteiger partial charge on any atom is -0.495 e. The van der Waals surface area contributed by atoms with E-state index >= 15 is 0 Å². The van der Waals surface area contributed by atoms with Crippen molar-refractivity contribution < 1.29 is 4.74 Å². The van der Waals surface area contributed by atoms with Gasteiger partial charge in [0.2, 0.25) is 10.1 Å². The van der Waals surface area contributed by atoms with Crippen LogP contribution in [0.5, 0.6) is 5.75 Å². The summed E-state index contributed by atoms with van der Waals surface area (Å²) in [5.74, 6) is 1.29.